The summed E-state index contributed by atoms with van der Waals surface area (Å²) < 4.78 is 10.5. The minimum atomic E-state index is -1.07. The number of carboxylic acid groups (broad SMARTS) is 1. The molecule has 2 unspecified atom stereocenters. The molecule has 1 heterocycles. The first-order valence-electron chi connectivity index (χ1n) is 6.94. The van der Waals surface area contributed by atoms with Crippen molar-refractivity contribution in [2.75, 3.05) is 33.0 Å². The lowest BCUT2D eigenvalue weighted by Crippen LogP contribution is -2.52. The zero-order chi connectivity index (χ0) is 15.0. The van der Waals surface area contributed by atoms with Crippen molar-refractivity contribution in [1.82, 2.24) is 10.6 Å². The Kier molecular flexibility index (Phi) is 6.74. The maximum absolute atomic E-state index is 11.7. The third kappa shape index (κ3) is 4.64. The Labute approximate surface area is 119 Å². The summed E-state index contributed by atoms with van der Waals surface area (Å²) in [6.45, 7) is 5.76. The quantitative estimate of drug-likeness (QED) is 0.568. The molecule has 0 aliphatic carbocycles. The molecule has 0 aromatic rings. The number of nitrogens with one attached hydrogen (secondary N) is 2. The SMILES string of the molecule is CCCOCCCNC(=O)NC1COCC1(C)C(=O)O. The Hall–Kier alpha value is -1.34. The van der Waals surface area contributed by atoms with Crippen LogP contribution in [0.25, 0.3) is 0 Å². The van der Waals surface area contributed by atoms with Crippen LogP contribution in [0.4, 0.5) is 4.79 Å². The molecule has 0 aromatic heterocycles. The summed E-state index contributed by atoms with van der Waals surface area (Å²) in [5.74, 6) is -0.965. The summed E-state index contributed by atoms with van der Waals surface area (Å²) in [7, 11) is 0. The van der Waals surface area contributed by atoms with Crippen LogP contribution in [0.2, 0.25) is 0 Å². The fourth-order valence-electron chi connectivity index (χ4n) is 1.92. The number of rotatable bonds is 8. The van der Waals surface area contributed by atoms with Crippen molar-refractivity contribution in [3.05, 3.63) is 0 Å². The average Bonchev–Trinajstić information content (AvgIpc) is 2.76. The van der Waals surface area contributed by atoms with Gasteiger partial charge in [0.15, 0.2) is 0 Å². The smallest absolute Gasteiger partial charge is 0.315 e. The fourth-order valence-corrected chi connectivity index (χ4v) is 1.92. The summed E-state index contributed by atoms with van der Waals surface area (Å²) in [4.78, 5) is 22.9. The molecule has 20 heavy (non-hydrogen) atoms. The van der Waals surface area contributed by atoms with Crippen molar-refractivity contribution in [2.45, 2.75) is 32.7 Å². The van der Waals surface area contributed by atoms with Crippen LogP contribution < -0.4 is 10.6 Å². The summed E-state index contributed by atoms with van der Waals surface area (Å²) in [6, 6.07) is -0.889. The van der Waals surface area contributed by atoms with Gasteiger partial charge in [0.1, 0.15) is 5.41 Å². The second kappa shape index (κ2) is 8.06. The number of hydrogen-bond donors (Lipinski definition) is 3. The van der Waals surface area contributed by atoms with Gasteiger partial charge in [-0.3, -0.25) is 4.79 Å². The van der Waals surface area contributed by atoms with E-state index in [1.54, 1.807) is 6.92 Å². The van der Waals surface area contributed by atoms with E-state index in [1.165, 1.54) is 0 Å². The largest absolute Gasteiger partial charge is 0.481 e. The van der Waals surface area contributed by atoms with Crippen molar-refractivity contribution in [1.29, 1.82) is 0 Å². The van der Waals surface area contributed by atoms with Crippen LogP contribution in [-0.4, -0.2) is 56.1 Å². The van der Waals surface area contributed by atoms with Crippen LogP contribution in [0.5, 0.6) is 0 Å². The van der Waals surface area contributed by atoms with E-state index < -0.39 is 17.4 Å². The third-order valence-electron chi connectivity index (χ3n) is 3.35. The molecule has 1 saturated heterocycles. The van der Waals surface area contributed by atoms with Crippen LogP contribution in [0.15, 0.2) is 0 Å². The number of urea groups is 1. The van der Waals surface area contributed by atoms with Crippen LogP contribution >= 0.6 is 0 Å². The number of aliphatic carboxylic acids is 1. The summed E-state index contributed by atoms with van der Waals surface area (Å²) in [6.07, 6.45) is 1.70. The number of amides is 2. The van der Waals surface area contributed by atoms with Gasteiger partial charge in [-0.25, -0.2) is 4.79 Å². The van der Waals surface area contributed by atoms with Crippen LogP contribution in [0.1, 0.15) is 26.7 Å². The molecule has 2 amide bonds. The maximum Gasteiger partial charge on any atom is 0.315 e. The molecule has 3 N–H and O–H groups in total. The minimum absolute atomic E-state index is 0.109. The van der Waals surface area contributed by atoms with Gasteiger partial charge in [-0.05, 0) is 19.8 Å². The first kappa shape index (κ1) is 16.7. The van der Waals surface area contributed by atoms with Gasteiger partial charge in [-0.1, -0.05) is 6.92 Å². The Balaban J connectivity index is 2.23. The fraction of sp³-hybridized carbons (Fsp3) is 0.846. The number of ether oxygens (including phenoxy) is 2. The lowest BCUT2D eigenvalue weighted by Gasteiger charge is -2.25. The van der Waals surface area contributed by atoms with Gasteiger partial charge in [0, 0.05) is 19.8 Å². The highest BCUT2D eigenvalue weighted by Crippen LogP contribution is 2.28. The molecule has 7 heteroatoms. The molecule has 7 nitrogen and oxygen atoms in total. The zero-order valence-electron chi connectivity index (χ0n) is 12.1. The van der Waals surface area contributed by atoms with E-state index in [-0.39, 0.29) is 19.2 Å². The minimum Gasteiger partial charge on any atom is -0.481 e. The molecular formula is C13H24N2O5. The van der Waals surface area contributed by atoms with Gasteiger partial charge in [-0.2, -0.15) is 0 Å². The third-order valence-corrected chi connectivity index (χ3v) is 3.35. The van der Waals surface area contributed by atoms with E-state index >= 15 is 0 Å². The van der Waals surface area contributed by atoms with Gasteiger partial charge in [0.2, 0.25) is 0 Å². The molecule has 0 radical (unpaired) electrons. The number of hydrogen-bond acceptors (Lipinski definition) is 4. The number of carbonyl (C=O) groups is 2. The molecule has 0 aromatic carbocycles. The molecular weight excluding hydrogens is 264 g/mol. The zero-order valence-corrected chi connectivity index (χ0v) is 12.1. The molecule has 116 valence electrons. The van der Waals surface area contributed by atoms with Crippen molar-refractivity contribution in [3.63, 3.8) is 0 Å². The van der Waals surface area contributed by atoms with Crippen LogP contribution in [0.3, 0.4) is 0 Å². The van der Waals surface area contributed by atoms with Gasteiger partial charge in [0.05, 0.1) is 19.3 Å². The predicted octanol–water partition coefficient (Wildman–Crippen LogP) is 0.592. The Morgan fingerprint density at radius 1 is 1.45 bits per heavy atom. The molecule has 1 aliphatic heterocycles. The van der Waals surface area contributed by atoms with Crippen molar-refractivity contribution in [2.24, 2.45) is 5.41 Å². The molecule has 1 rings (SSSR count). The van der Waals surface area contributed by atoms with Crippen molar-refractivity contribution in [3.8, 4) is 0 Å². The first-order chi connectivity index (χ1) is 9.50. The first-order valence-corrected chi connectivity index (χ1v) is 6.94. The predicted molar refractivity (Wildman–Crippen MR) is 72.6 cm³/mol. The van der Waals surface area contributed by atoms with E-state index in [9.17, 15) is 14.7 Å². The van der Waals surface area contributed by atoms with E-state index in [2.05, 4.69) is 10.6 Å². The summed E-state index contributed by atoms with van der Waals surface area (Å²) in [5.41, 5.74) is -1.07. The number of carbonyl (C=O) groups excluding carboxylic acids is 1. The summed E-state index contributed by atoms with van der Waals surface area (Å²) in [5, 5.41) is 14.5. The van der Waals surface area contributed by atoms with E-state index in [1.807, 2.05) is 6.92 Å². The molecule has 1 aliphatic rings. The van der Waals surface area contributed by atoms with E-state index in [4.69, 9.17) is 9.47 Å². The molecule has 0 spiro atoms. The summed E-state index contributed by atoms with van der Waals surface area (Å²) >= 11 is 0. The highest BCUT2D eigenvalue weighted by atomic mass is 16.5. The molecule has 0 bridgehead atoms. The van der Waals surface area contributed by atoms with Gasteiger partial charge in [0.25, 0.3) is 0 Å². The number of carboxylic acids is 1. The standard InChI is InChI=1S/C13H24N2O5/c1-3-6-19-7-4-5-14-12(18)15-10-8-20-9-13(10,2)11(16)17/h10H,3-9H2,1-2H3,(H,16,17)(H2,14,15,18). The van der Waals surface area contributed by atoms with Crippen molar-refractivity contribution >= 4 is 12.0 Å². The maximum atomic E-state index is 11.7. The lowest BCUT2D eigenvalue weighted by molar-refractivity contribution is -0.148. The average molecular weight is 288 g/mol. The van der Waals surface area contributed by atoms with Gasteiger partial charge in [-0.15, -0.1) is 0 Å². The van der Waals surface area contributed by atoms with E-state index in [0.717, 1.165) is 19.4 Å². The highest BCUT2D eigenvalue weighted by Gasteiger charge is 2.47. The highest BCUT2D eigenvalue weighted by molar-refractivity contribution is 5.79. The molecule has 2 atom stereocenters. The molecule has 1 fully saturated rings. The van der Waals surface area contributed by atoms with Crippen LogP contribution in [0, 0.1) is 5.41 Å². The monoisotopic (exact) mass is 288 g/mol. The Bertz CT molecular complexity index is 337. The van der Waals surface area contributed by atoms with Gasteiger partial charge >= 0.3 is 12.0 Å². The second-order valence-corrected chi connectivity index (χ2v) is 5.16. The lowest BCUT2D eigenvalue weighted by atomic mass is 9.85. The molecule has 0 saturated carbocycles. The van der Waals surface area contributed by atoms with E-state index in [0.29, 0.717) is 13.2 Å². The second-order valence-electron chi connectivity index (χ2n) is 5.16. The van der Waals surface area contributed by atoms with Gasteiger partial charge < -0.3 is 25.2 Å². The normalized spacial score (nSPS) is 25.4. The van der Waals surface area contributed by atoms with Crippen molar-refractivity contribution < 1.29 is 24.2 Å². The van der Waals surface area contributed by atoms with Crippen LogP contribution in [-0.2, 0) is 14.3 Å². The Morgan fingerprint density at radius 2 is 2.20 bits per heavy atom. The topological polar surface area (TPSA) is 96.9 Å². The Morgan fingerprint density at radius 3 is 2.85 bits per heavy atom.